The van der Waals surface area contributed by atoms with Crippen LogP contribution < -0.4 is 33.2 Å². The van der Waals surface area contributed by atoms with Crippen molar-refractivity contribution in [2.75, 3.05) is 13.1 Å². The Hall–Kier alpha value is -2.36. The molecule has 11 N–H and O–H groups in total. The van der Waals surface area contributed by atoms with E-state index in [0.29, 0.717) is 38.8 Å². The molecular weight excluding hydrogens is 288 g/mol. The lowest BCUT2D eigenvalue weighted by molar-refractivity contribution is -0.122. The molecule has 0 aromatic carbocycles. The lowest BCUT2D eigenvalue weighted by atomic mass is 10.1. The predicted octanol–water partition coefficient (Wildman–Crippen LogP) is -2.57. The summed E-state index contributed by atoms with van der Waals surface area (Å²) in [6.07, 6.45) is 3.67. The zero-order chi connectivity index (χ0) is 17.0. The van der Waals surface area contributed by atoms with Crippen LogP contribution in [0.25, 0.3) is 0 Å². The first kappa shape index (κ1) is 19.6. The van der Waals surface area contributed by atoms with Gasteiger partial charge < -0.3 is 33.2 Å². The highest BCUT2D eigenvalue weighted by atomic mass is 16.2. The quantitative estimate of drug-likeness (QED) is 0.116. The van der Waals surface area contributed by atoms with Crippen molar-refractivity contribution >= 4 is 24.1 Å². The molecule has 0 aromatic rings. The van der Waals surface area contributed by atoms with Crippen molar-refractivity contribution in [3.8, 4) is 0 Å². The molecule has 0 aliphatic heterocycles. The van der Waals surface area contributed by atoms with E-state index in [1.165, 1.54) is 0 Å². The summed E-state index contributed by atoms with van der Waals surface area (Å²) in [5, 5.41) is 21.7. The number of carbonyl (C=O) groups excluding carboxylic acids is 2. The molecule has 1 amide bonds. The number of carbonyl (C=O) groups is 1. The zero-order valence-electron chi connectivity index (χ0n) is 12.4. The van der Waals surface area contributed by atoms with Crippen molar-refractivity contribution in [3.05, 3.63) is 0 Å². The van der Waals surface area contributed by atoms with Gasteiger partial charge in [-0.1, -0.05) is 0 Å². The van der Waals surface area contributed by atoms with Crippen LogP contribution in [-0.4, -0.2) is 49.3 Å². The Morgan fingerprint density at radius 2 is 1.55 bits per heavy atom. The number of hydrogen-bond donors (Lipinski definition) is 8. The van der Waals surface area contributed by atoms with E-state index in [1.807, 2.05) is 0 Å². The van der Waals surface area contributed by atoms with E-state index >= 15 is 0 Å². The summed E-state index contributed by atoms with van der Waals surface area (Å²) in [7, 11) is 0. The Kier molecular flexibility index (Phi) is 10.1. The van der Waals surface area contributed by atoms with E-state index in [9.17, 15) is 9.59 Å². The molecular formula is C12H25N8O2. The minimum Gasteiger partial charge on any atom is -0.370 e. The van der Waals surface area contributed by atoms with Gasteiger partial charge in [-0.2, -0.15) is 0 Å². The van der Waals surface area contributed by atoms with Gasteiger partial charge in [-0.25, -0.2) is 0 Å². The zero-order valence-corrected chi connectivity index (χ0v) is 12.4. The second kappa shape index (κ2) is 11.3. The molecule has 2 atom stereocenters. The first-order chi connectivity index (χ1) is 10.4. The Bertz CT molecular complexity index is 387. The molecule has 10 heteroatoms. The first-order valence-corrected chi connectivity index (χ1v) is 6.96. The largest absolute Gasteiger partial charge is 0.370 e. The molecule has 125 valence electrons. The third-order valence-corrected chi connectivity index (χ3v) is 2.79. The van der Waals surface area contributed by atoms with Gasteiger partial charge in [0.15, 0.2) is 11.9 Å². The van der Waals surface area contributed by atoms with Gasteiger partial charge in [0.1, 0.15) is 0 Å². The van der Waals surface area contributed by atoms with Crippen LogP contribution in [0.15, 0.2) is 0 Å². The number of guanidine groups is 2. The normalized spacial score (nSPS) is 12.8. The minimum atomic E-state index is -0.736. The van der Waals surface area contributed by atoms with Crippen LogP contribution in [0.2, 0.25) is 0 Å². The second-order valence-electron chi connectivity index (χ2n) is 4.75. The second-order valence-corrected chi connectivity index (χ2v) is 4.75. The summed E-state index contributed by atoms with van der Waals surface area (Å²) in [6.45, 7) is 0.891. The Morgan fingerprint density at radius 1 is 1.05 bits per heavy atom. The van der Waals surface area contributed by atoms with Gasteiger partial charge in [-0.15, -0.1) is 0 Å². The molecule has 0 heterocycles. The van der Waals surface area contributed by atoms with Gasteiger partial charge >= 0.3 is 0 Å². The lowest BCUT2D eigenvalue weighted by Crippen LogP contribution is -2.46. The Morgan fingerprint density at radius 3 is 2.00 bits per heavy atom. The van der Waals surface area contributed by atoms with E-state index in [-0.39, 0.29) is 11.9 Å². The highest BCUT2D eigenvalue weighted by Crippen LogP contribution is 1.98. The van der Waals surface area contributed by atoms with E-state index in [1.54, 1.807) is 6.29 Å². The summed E-state index contributed by atoms with van der Waals surface area (Å²) in [5.74, 6) is -0.694. The molecule has 22 heavy (non-hydrogen) atoms. The third kappa shape index (κ3) is 10.4. The van der Waals surface area contributed by atoms with E-state index in [0.717, 1.165) is 0 Å². The molecule has 0 fully saturated rings. The van der Waals surface area contributed by atoms with Gasteiger partial charge in [0, 0.05) is 13.1 Å². The molecule has 0 aliphatic rings. The predicted molar refractivity (Wildman–Crippen MR) is 83.9 cm³/mol. The Labute approximate surface area is 129 Å². The van der Waals surface area contributed by atoms with Gasteiger partial charge in [-0.3, -0.25) is 20.4 Å². The van der Waals surface area contributed by atoms with Crippen LogP contribution in [0.5, 0.6) is 0 Å². The third-order valence-electron chi connectivity index (χ3n) is 2.79. The fourth-order valence-electron chi connectivity index (χ4n) is 1.64. The van der Waals surface area contributed by atoms with Crippen LogP contribution in [0.3, 0.4) is 0 Å². The molecule has 0 rings (SSSR count). The molecule has 10 nitrogen and oxygen atoms in total. The summed E-state index contributed by atoms with van der Waals surface area (Å²) >= 11 is 0. The van der Waals surface area contributed by atoms with Gasteiger partial charge in [0.05, 0.1) is 12.1 Å². The fourth-order valence-corrected chi connectivity index (χ4v) is 1.64. The van der Waals surface area contributed by atoms with Crippen LogP contribution in [0.1, 0.15) is 25.7 Å². The molecule has 0 aliphatic carbocycles. The molecule has 1 radical (unpaired) electrons. The van der Waals surface area contributed by atoms with E-state index in [4.69, 9.17) is 28.0 Å². The van der Waals surface area contributed by atoms with Crippen molar-refractivity contribution in [2.24, 2.45) is 17.2 Å². The van der Waals surface area contributed by atoms with Crippen molar-refractivity contribution in [1.82, 2.24) is 16.0 Å². The van der Waals surface area contributed by atoms with Crippen molar-refractivity contribution in [1.29, 1.82) is 10.8 Å². The summed E-state index contributed by atoms with van der Waals surface area (Å²) in [5.41, 5.74) is 16.0. The molecule has 1 unspecified atom stereocenters. The number of nitrogens with two attached hydrogens (primary N) is 3. The van der Waals surface area contributed by atoms with Gasteiger partial charge in [0.2, 0.25) is 12.2 Å². The first-order valence-electron chi connectivity index (χ1n) is 6.96. The van der Waals surface area contributed by atoms with Crippen LogP contribution in [-0.2, 0) is 9.59 Å². The van der Waals surface area contributed by atoms with Crippen molar-refractivity contribution in [3.63, 3.8) is 0 Å². The average molecular weight is 313 g/mol. The standard InChI is InChI=1S/C12H25N8O2/c13-9(4-2-6-19-12(16)17)10(22)20-8(7-21)3-1-5-18-11(14)15/h8-9H,1-6,13H2,(H,20,22)(H4,14,15,18)(H4,16,17,19)/t8-,9?/m0/s1. The monoisotopic (exact) mass is 313 g/mol. The minimum absolute atomic E-state index is 0.132. The topological polar surface area (TPSA) is 196 Å². The lowest BCUT2D eigenvalue weighted by Gasteiger charge is -2.16. The summed E-state index contributed by atoms with van der Waals surface area (Å²) < 4.78 is 0. The number of rotatable bonds is 11. The molecule has 0 saturated carbocycles. The number of hydrogen-bond acceptors (Lipinski definition) is 5. The Balaban J connectivity index is 3.94. The highest BCUT2D eigenvalue weighted by molar-refractivity contribution is 5.84. The van der Waals surface area contributed by atoms with Gasteiger partial charge in [-0.05, 0) is 25.7 Å². The maximum Gasteiger partial charge on any atom is 0.237 e. The molecule has 0 saturated heterocycles. The summed E-state index contributed by atoms with van der Waals surface area (Å²) in [4.78, 5) is 22.6. The van der Waals surface area contributed by atoms with Crippen LogP contribution in [0, 0.1) is 10.8 Å². The van der Waals surface area contributed by atoms with Crippen molar-refractivity contribution in [2.45, 2.75) is 37.8 Å². The van der Waals surface area contributed by atoms with Crippen molar-refractivity contribution < 1.29 is 9.59 Å². The fraction of sp³-hybridized carbons (Fsp3) is 0.667. The smallest absolute Gasteiger partial charge is 0.237 e. The van der Waals surface area contributed by atoms with E-state index < -0.39 is 18.0 Å². The van der Waals surface area contributed by atoms with E-state index in [2.05, 4.69) is 16.0 Å². The van der Waals surface area contributed by atoms with Crippen LogP contribution >= 0.6 is 0 Å². The maximum atomic E-state index is 11.8. The number of nitrogens with one attached hydrogen (secondary N) is 5. The summed E-state index contributed by atoms with van der Waals surface area (Å²) in [6, 6.07) is -1.47. The average Bonchev–Trinajstić information content (AvgIpc) is 2.45. The molecule has 0 bridgehead atoms. The van der Waals surface area contributed by atoms with Crippen LogP contribution in [0.4, 0.5) is 0 Å². The molecule has 0 aromatic heterocycles. The maximum absolute atomic E-state index is 11.8. The highest BCUT2D eigenvalue weighted by Gasteiger charge is 2.17. The number of amides is 1. The van der Waals surface area contributed by atoms with Gasteiger partial charge in [0.25, 0.3) is 0 Å². The molecule has 0 spiro atoms. The SMILES string of the molecule is N=C(N)NCCCC(N)C(=O)N[C@H]([C]=O)CCCNC(=N)N.